The molecule has 1 aromatic heterocycles. The van der Waals surface area contributed by atoms with Gasteiger partial charge in [0.05, 0.1) is 7.11 Å². The van der Waals surface area contributed by atoms with Gasteiger partial charge in [0.15, 0.2) is 0 Å². The van der Waals surface area contributed by atoms with Gasteiger partial charge in [-0.15, -0.1) is 0 Å². The molecule has 2 N–H and O–H groups in total. The monoisotopic (exact) mass is 798 g/mol. The molecule has 9 nitrogen and oxygen atoms in total. The lowest BCUT2D eigenvalue weighted by molar-refractivity contribution is -0.192. The standard InChI is InChI=1S/C44H52N4O3.C2HF3O2/c1-51-42-14-11-36(12-15-42)13-16-43(49)48(30-23-37-19-26-46-27-20-37)33-38-7-3-8-39(31-38)40-9-4-10-41(32-40)44(50)47-28-21-35(22-29-47)6-2-5-34-17-24-45-25-18-34;3-2(4,5)1(6)7/h3-4,7-16,19-20,26-27,31-32,34-35,45H,2,5-6,17-18,21-25,28-30,33H2,1H3;(H,6,7). The summed E-state index contributed by atoms with van der Waals surface area (Å²) in [5.74, 6) is -0.277. The van der Waals surface area contributed by atoms with E-state index in [-0.39, 0.29) is 11.8 Å². The van der Waals surface area contributed by atoms with Gasteiger partial charge in [-0.05, 0) is 133 Å². The lowest BCUT2D eigenvalue weighted by Gasteiger charge is -2.32. The number of alkyl halides is 3. The molecular formula is C46H53F3N4O5. The maximum absolute atomic E-state index is 13.6. The molecule has 0 aliphatic carbocycles. The summed E-state index contributed by atoms with van der Waals surface area (Å²) in [6.45, 7) is 5.07. The number of nitrogens with one attached hydrogen (secondary N) is 1. The minimum atomic E-state index is -5.08. The molecule has 0 spiro atoms. The van der Waals surface area contributed by atoms with E-state index >= 15 is 0 Å². The first-order valence-electron chi connectivity index (χ1n) is 20.0. The molecule has 12 heteroatoms. The molecular weight excluding hydrogens is 746 g/mol. The third-order valence-electron chi connectivity index (χ3n) is 10.8. The Morgan fingerprint density at radius 3 is 2.12 bits per heavy atom. The molecule has 3 aromatic carbocycles. The summed E-state index contributed by atoms with van der Waals surface area (Å²) >= 11 is 0. The van der Waals surface area contributed by atoms with E-state index in [0.29, 0.717) is 13.1 Å². The number of hydrogen-bond acceptors (Lipinski definition) is 6. The summed E-state index contributed by atoms with van der Waals surface area (Å²) in [6.07, 6.45) is 11.5. The SMILES string of the molecule is COc1ccc(C=CC(=O)N(CCc2ccncc2)Cc2cccc(-c3cccc(C(=O)N4CCC(CCCC5CCNCC5)CC4)c3)c2)cc1.O=C(O)C(F)(F)F. The normalized spacial score (nSPS) is 15.1. The molecule has 0 saturated carbocycles. The van der Waals surface area contributed by atoms with Crippen molar-refractivity contribution in [1.29, 1.82) is 0 Å². The van der Waals surface area contributed by atoms with Crippen LogP contribution in [0.3, 0.4) is 0 Å². The number of carbonyl (C=O) groups is 3. The number of halogens is 3. The van der Waals surface area contributed by atoms with E-state index < -0.39 is 12.1 Å². The first kappa shape index (κ1) is 43.6. The van der Waals surface area contributed by atoms with Crippen molar-refractivity contribution in [2.24, 2.45) is 11.8 Å². The van der Waals surface area contributed by atoms with Crippen LogP contribution < -0.4 is 10.1 Å². The third-order valence-corrected chi connectivity index (χ3v) is 10.8. The number of ether oxygens (including phenoxy) is 1. The fourth-order valence-corrected chi connectivity index (χ4v) is 7.44. The van der Waals surface area contributed by atoms with E-state index in [1.807, 2.05) is 76.5 Å². The molecule has 0 bridgehead atoms. The molecule has 2 fully saturated rings. The van der Waals surface area contributed by atoms with Crippen LogP contribution in [0.25, 0.3) is 17.2 Å². The first-order valence-corrected chi connectivity index (χ1v) is 20.0. The number of aromatic nitrogens is 1. The zero-order chi connectivity index (χ0) is 41.3. The van der Waals surface area contributed by atoms with Crippen LogP contribution in [0.2, 0.25) is 0 Å². The highest BCUT2D eigenvalue weighted by molar-refractivity contribution is 5.95. The van der Waals surface area contributed by atoms with Crippen molar-refractivity contribution < 1.29 is 37.4 Å². The molecule has 0 radical (unpaired) electrons. The van der Waals surface area contributed by atoms with E-state index in [9.17, 15) is 22.8 Å². The quantitative estimate of drug-likeness (QED) is 0.123. The van der Waals surface area contributed by atoms with Crippen LogP contribution in [-0.4, -0.2) is 83.7 Å². The molecule has 2 aliphatic heterocycles. The van der Waals surface area contributed by atoms with Crippen LogP contribution in [0.5, 0.6) is 5.75 Å². The Labute approximate surface area is 338 Å². The van der Waals surface area contributed by atoms with Crippen molar-refractivity contribution >= 4 is 23.9 Å². The lowest BCUT2D eigenvalue weighted by Crippen LogP contribution is -2.38. The molecule has 2 amide bonds. The van der Waals surface area contributed by atoms with Crippen molar-refractivity contribution in [3.8, 4) is 16.9 Å². The minimum absolute atomic E-state index is 0.0524. The number of likely N-dealkylation sites (tertiary alicyclic amines) is 1. The van der Waals surface area contributed by atoms with Gasteiger partial charge in [-0.25, -0.2) is 4.79 Å². The Balaban J connectivity index is 0.000000839. The van der Waals surface area contributed by atoms with Gasteiger partial charge in [-0.2, -0.15) is 13.2 Å². The second kappa shape index (κ2) is 21.9. The second-order valence-corrected chi connectivity index (χ2v) is 14.9. The number of carboxylic acid groups (broad SMARTS) is 1. The van der Waals surface area contributed by atoms with Gasteiger partial charge in [-0.1, -0.05) is 61.7 Å². The predicted molar refractivity (Wildman–Crippen MR) is 219 cm³/mol. The maximum Gasteiger partial charge on any atom is 0.490 e. The summed E-state index contributed by atoms with van der Waals surface area (Å²) in [5.41, 5.74) is 5.87. The molecule has 308 valence electrons. The molecule has 3 heterocycles. The summed E-state index contributed by atoms with van der Waals surface area (Å²) in [4.78, 5) is 44.2. The van der Waals surface area contributed by atoms with E-state index in [2.05, 4.69) is 34.6 Å². The zero-order valence-electron chi connectivity index (χ0n) is 33.0. The number of aliphatic carboxylic acids is 1. The van der Waals surface area contributed by atoms with Crippen LogP contribution in [0.4, 0.5) is 13.2 Å². The Morgan fingerprint density at radius 1 is 0.862 bits per heavy atom. The molecule has 0 atom stereocenters. The smallest absolute Gasteiger partial charge is 0.490 e. The Morgan fingerprint density at radius 2 is 1.48 bits per heavy atom. The minimum Gasteiger partial charge on any atom is -0.497 e. The summed E-state index contributed by atoms with van der Waals surface area (Å²) < 4.78 is 37.0. The van der Waals surface area contributed by atoms with Crippen LogP contribution >= 0.6 is 0 Å². The van der Waals surface area contributed by atoms with E-state index in [1.165, 1.54) is 45.2 Å². The Bertz CT molecular complexity index is 1940. The van der Waals surface area contributed by atoms with Gasteiger partial charge < -0.3 is 25.0 Å². The summed E-state index contributed by atoms with van der Waals surface area (Å²) in [7, 11) is 1.64. The lowest BCUT2D eigenvalue weighted by atomic mass is 9.87. The van der Waals surface area contributed by atoms with Gasteiger partial charge in [0.1, 0.15) is 5.75 Å². The fraction of sp³-hybridized carbons (Fsp3) is 0.391. The number of nitrogens with zero attached hydrogens (tertiary/aromatic N) is 3. The number of benzene rings is 3. The molecule has 0 unspecified atom stereocenters. The van der Waals surface area contributed by atoms with Crippen molar-refractivity contribution in [1.82, 2.24) is 20.1 Å². The van der Waals surface area contributed by atoms with Gasteiger partial charge in [-0.3, -0.25) is 14.6 Å². The number of methoxy groups -OCH3 is 1. The van der Waals surface area contributed by atoms with E-state index in [0.717, 1.165) is 83.3 Å². The average molecular weight is 799 g/mol. The average Bonchev–Trinajstić information content (AvgIpc) is 3.25. The summed E-state index contributed by atoms with van der Waals surface area (Å²) in [5, 5.41) is 10.6. The topological polar surface area (TPSA) is 112 Å². The molecule has 6 rings (SSSR count). The zero-order valence-corrected chi connectivity index (χ0v) is 33.0. The number of pyridine rings is 1. The van der Waals surface area contributed by atoms with Crippen LogP contribution in [-0.2, 0) is 22.6 Å². The van der Waals surface area contributed by atoms with Gasteiger partial charge in [0.25, 0.3) is 5.91 Å². The van der Waals surface area contributed by atoms with Gasteiger partial charge >= 0.3 is 12.1 Å². The largest absolute Gasteiger partial charge is 0.497 e. The predicted octanol–water partition coefficient (Wildman–Crippen LogP) is 8.70. The number of carbonyl (C=O) groups excluding carboxylic acids is 2. The van der Waals surface area contributed by atoms with Gasteiger partial charge in [0, 0.05) is 50.2 Å². The molecule has 4 aromatic rings. The maximum atomic E-state index is 13.6. The summed E-state index contributed by atoms with van der Waals surface area (Å²) in [6, 6.07) is 28.0. The highest BCUT2D eigenvalue weighted by atomic mass is 19.4. The Hall–Kier alpha value is -5.49. The van der Waals surface area contributed by atoms with Crippen LogP contribution in [0.1, 0.15) is 72.0 Å². The third kappa shape index (κ3) is 13.9. The fourth-order valence-electron chi connectivity index (χ4n) is 7.44. The first-order chi connectivity index (χ1) is 28.0. The highest BCUT2D eigenvalue weighted by Gasteiger charge is 2.38. The number of piperidine rings is 2. The van der Waals surface area contributed by atoms with Crippen molar-refractivity contribution in [2.75, 3.05) is 39.8 Å². The molecule has 2 aliphatic rings. The number of rotatable bonds is 14. The molecule has 58 heavy (non-hydrogen) atoms. The van der Waals surface area contributed by atoms with Crippen molar-refractivity contribution in [3.63, 3.8) is 0 Å². The van der Waals surface area contributed by atoms with Gasteiger partial charge in [0.2, 0.25) is 5.91 Å². The number of amides is 2. The van der Waals surface area contributed by atoms with Crippen LogP contribution in [0.15, 0.2) is 103 Å². The van der Waals surface area contributed by atoms with Crippen molar-refractivity contribution in [3.05, 3.63) is 126 Å². The molecule has 2 saturated heterocycles. The van der Waals surface area contributed by atoms with Crippen molar-refractivity contribution in [2.45, 2.75) is 64.1 Å². The number of carboxylic acids is 1. The van der Waals surface area contributed by atoms with E-state index in [4.69, 9.17) is 14.6 Å². The highest BCUT2D eigenvalue weighted by Crippen LogP contribution is 2.28. The number of hydrogen-bond donors (Lipinski definition) is 2. The second-order valence-electron chi connectivity index (χ2n) is 14.9. The van der Waals surface area contributed by atoms with Crippen LogP contribution in [0, 0.1) is 11.8 Å². The van der Waals surface area contributed by atoms with E-state index in [1.54, 1.807) is 25.6 Å². The Kier molecular flexibility index (Phi) is 16.5.